The molecule has 0 atom stereocenters. The number of hydrogen-bond acceptors (Lipinski definition) is 3. The molecule has 6 nitrogen and oxygen atoms in total. The van der Waals surface area contributed by atoms with Gasteiger partial charge >= 0.3 is 0 Å². The van der Waals surface area contributed by atoms with Gasteiger partial charge in [0.2, 0.25) is 5.91 Å². The van der Waals surface area contributed by atoms with Crippen molar-refractivity contribution in [2.45, 2.75) is 26.2 Å². The fourth-order valence-corrected chi connectivity index (χ4v) is 5.00. The number of aryl methyl sites for hydroxylation is 1. The number of rotatable bonds is 4. The summed E-state index contributed by atoms with van der Waals surface area (Å²) in [6.45, 7) is 4.96. The number of amides is 1. The van der Waals surface area contributed by atoms with Gasteiger partial charge < -0.3 is 4.90 Å². The van der Waals surface area contributed by atoms with Crippen molar-refractivity contribution in [3.05, 3.63) is 35.4 Å². The largest absolute Gasteiger partial charge is 0.340 e. The molecule has 3 rings (SSSR count). The van der Waals surface area contributed by atoms with E-state index in [9.17, 15) is 13.2 Å². The van der Waals surface area contributed by atoms with Crippen molar-refractivity contribution in [2.75, 3.05) is 39.3 Å². The number of carbonyl (C=O) groups is 1. The predicted molar refractivity (Wildman–Crippen MR) is 92.8 cm³/mol. The Morgan fingerprint density at radius 1 is 0.958 bits per heavy atom. The minimum Gasteiger partial charge on any atom is -0.340 e. The second-order valence-corrected chi connectivity index (χ2v) is 8.43. The van der Waals surface area contributed by atoms with Crippen molar-refractivity contribution in [1.29, 1.82) is 0 Å². The van der Waals surface area contributed by atoms with E-state index < -0.39 is 10.2 Å². The van der Waals surface area contributed by atoms with Crippen molar-refractivity contribution in [1.82, 2.24) is 13.5 Å². The van der Waals surface area contributed by atoms with Gasteiger partial charge in [0.15, 0.2) is 0 Å². The van der Waals surface area contributed by atoms with E-state index in [1.54, 1.807) is 9.21 Å². The first-order valence-electron chi connectivity index (χ1n) is 8.56. The highest BCUT2D eigenvalue weighted by molar-refractivity contribution is 7.86. The second kappa shape index (κ2) is 7.21. The van der Waals surface area contributed by atoms with Gasteiger partial charge in [-0.25, -0.2) is 0 Å². The van der Waals surface area contributed by atoms with Crippen LogP contribution in [0.15, 0.2) is 24.3 Å². The molecular formula is C17H25N3O3S. The summed E-state index contributed by atoms with van der Waals surface area (Å²) in [5, 5.41) is 0. The van der Waals surface area contributed by atoms with Crippen molar-refractivity contribution >= 4 is 16.1 Å². The van der Waals surface area contributed by atoms with Gasteiger partial charge in [-0.2, -0.15) is 17.0 Å². The van der Waals surface area contributed by atoms with Crippen molar-refractivity contribution < 1.29 is 13.2 Å². The third-order valence-electron chi connectivity index (χ3n) is 4.91. The number of hydrogen-bond donors (Lipinski definition) is 0. The maximum Gasteiger partial charge on any atom is 0.282 e. The summed E-state index contributed by atoms with van der Waals surface area (Å²) in [5.41, 5.74) is 2.15. The lowest BCUT2D eigenvalue weighted by molar-refractivity contribution is -0.131. The lowest BCUT2D eigenvalue weighted by Crippen LogP contribution is -2.54. The summed E-state index contributed by atoms with van der Waals surface area (Å²) in [6, 6.07) is 7.88. The number of benzene rings is 1. The summed E-state index contributed by atoms with van der Waals surface area (Å²) in [6.07, 6.45) is 2.26. The van der Waals surface area contributed by atoms with Crippen LogP contribution in [0.5, 0.6) is 0 Å². The molecule has 7 heteroatoms. The SMILES string of the molecule is Cc1ccccc1CC(=O)N1CCN(S(=O)(=O)N2CCCC2)CC1. The monoisotopic (exact) mass is 351 g/mol. The minimum atomic E-state index is -3.35. The predicted octanol–water partition coefficient (Wildman–Crippen LogP) is 1.02. The molecule has 1 aromatic rings. The van der Waals surface area contributed by atoms with Crippen LogP contribution in [-0.2, 0) is 21.4 Å². The number of carbonyl (C=O) groups excluding carboxylic acids is 1. The maximum atomic E-state index is 12.5. The molecule has 2 heterocycles. The van der Waals surface area contributed by atoms with E-state index in [1.165, 1.54) is 4.31 Å². The van der Waals surface area contributed by atoms with Crippen LogP contribution >= 0.6 is 0 Å². The van der Waals surface area contributed by atoms with E-state index in [0.29, 0.717) is 45.7 Å². The Kier molecular flexibility index (Phi) is 5.22. The van der Waals surface area contributed by atoms with E-state index in [2.05, 4.69) is 0 Å². The molecule has 0 saturated carbocycles. The Labute approximate surface area is 144 Å². The third-order valence-corrected chi connectivity index (χ3v) is 6.95. The van der Waals surface area contributed by atoms with Gasteiger partial charge in [0, 0.05) is 39.3 Å². The van der Waals surface area contributed by atoms with Crippen LogP contribution in [0.4, 0.5) is 0 Å². The highest BCUT2D eigenvalue weighted by Gasteiger charge is 2.34. The molecule has 0 radical (unpaired) electrons. The first-order chi connectivity index (χ1) is 11.5. The zero-order valence-electron chi connectivity index (χ0n) is 14.1. The van der Waals surface area contributed by atoms with Crippen molar-refractivity contribution in [3.8, 4) is 0 Å². The van der Waals surface area contributed by atoms with Gasteiger partial charge in [-0.1, -0.05) is 24.3 Å². The minimum absolute atomic E-state index is 0.0718. The zero-order valence-corrected chi connectivity index (χ0v) is 15.0. The molecule has 132 valence electrons. The number of nitrogens with zero attached hydrogens (tertiary/aromatic N) is 3. The summed E-state index contributed by atoms with van der Waals surface area (Å²) in [4.78, 5) is 14.3. The molecule has 2 saturated heterocycles. The van der Waals surface area contributed by atoms with Gasteiger partial charge in [-0.15, -0.1) is 0 Å². The molecule has 2 fully saturated rings. The normalized spacial score (nSPS) is 20.5. The lowest BCUT2D eigenvalue weighted by atomic mass is 10.1. The molecular weight excluding hydrogens is 326 g/mol. The Balaban J connectivity index is 1.57. The Morgan fingerprint density at radius 2 is 1.54 bits per heavy atom. The van der Waals surface area contributed by atoms with E-state index in [0.717, 1.165) is 24.0 Å². The van der Waals surface area contributed by atoms with Crippen LogP contribution in [-0.4, -0.2) is 67.1 Å². The molecule has 2 aliphatic rings. The molecule has 2 aliphatic heterocycles. The Morgan fingerprint density at radius 3 is 2.17 bits per heavy atom. The molecule has 0 bridgehead atoms. The fraction of sp³-hybridized carbons (Fsp3) is 0.588. The molecule has 0 aliphatic carbocycles. The Hall–Kier alpha value is -1.44. The van der Waals surface area contributed by atoms with E-state index in [-0.39, 0.29) is 5.91 Å². The third kappa shape index (κ3) is 3.63. The second-order valence-electron chi connectivity index (χ2n) is 6.50. The van der Waals surface area contributed by atoms with Crippen LogP contribution in [0.2, 0.25) is 0 Å². The number of piperazine rings is 1. The summed E-state index contributed by atoms with van der Waals surface area (Å²) >= 11 is 0. The van der Waals surface area contributed by atoms with E-state index in [4.69, 9.17) is 0 Å². The average Bonchev–Trinajstić information content (AvgIpc) is 3.12. The summed E-state index contributed by atoms with van der Waals surface area (Å²) in [7, 11) is -3.35. The average molecular weight is 351 g/mol. The topological polar surface area (TPSA) is 60.9 Å². The van der Waals surface area contributed by atoms with Gasteiger partial charge in [-0.05, 0) is 30.9 Å². The van der Waals surface area contributed by atoms with Gasteiger partial charge in [0.25, 0.3) is 10.2 Å². The molecule has 1 amide bonds. The first-order valence-corrected chi connectivity index (χ1v) is 9.95. The quantitative estimate of drug-likeness (QED) is 0.814. The maximum absolute atomic E-state index is 12.5. The first kappa shape index (κ1) is 17.4. The standard InChI is InChI=1S/C17H25N3O3S/c1-15-6-2-3-7-16(15)14-17(21)18-10-12-20(13-11-18)24(22,23)19-8-4-5-9-19/h2-3,6-7H,4-5,8-14H2,1H3. The van der Waals surface area contributed by atoms with E-state index in [1.807, 2.05) is 31.2 Å². The lowest BCUT2D eigenvalue weighted by Gasteiger charge is -2.35. The van der Waals surface area contributed by atoms with Crippen LogP contribution in [0.1, 0.15) is 24.0 Å². The zero-order chi connectivity index (χ0) is 17.2. The highest BCUT2D eigenvalue weighted by Crippen LogP contribution is 2.18. The summed E-state index contributed by atoms with van der Waals surface area (Å²) < 4.78 is 28.2. The van der Waals surface area contributed by atoms with Gasteiger partial charge in [-0.3, -0.25) is 4.79 Å². The molecule has 0 spiro atoms. The molecule has 1 aromatic carbocycles. The Bertz CT molecular complexity index is 691. The highest BCUT2D eigenvalue weighted by atomic mass is 32.2. The van der Waals surface area contributed by atoms with Crippen molar-refractivity contribution in [2.24, 2.45) is 0 Å². The van der Waals surface area contributed by atoms with Gasteiger partial charge in [0.1, 0.15) is 0 Å². The van der Waals surface area contributed by atoms with Crippen LogP contribution in [0.3, 0.4) is 0 Å². The molecule has 0 N–H and O–H groups in total. The fourth-order valence-electron chi connectivity index (χ4n) is 3.33. The summed E-state index contributed by atoms with van der Waals surface area (Å²) in [5.74, 6) is 0.0718. The van der Waals surface area contributed by atoms with Crippen LogP contribution in [0, 0.1) is 6.92 Å². The molecule has 0 unspecified atom stereocenters. The van der Waals surface area contributed by atoms with Crippen LogP contribution in [0.25, 0.3) is 0 Å². The van der Waals surface area contributed by atoms with E-state index >= 15 is 0 Å². The smallest absolute Gasteiger partial charge is 0.282 e. The van der Waals surface area contributed by atoms with Crippen LogP contribution < -0.4 is 0 Å². The molecule has 0 aromatic heterocycles. The van der Waals surface area contributed by atoms with Crippen molar-refractivity contribution in [3.63, 3.8) is 0 Å². The molecule has 24 heavy (non-hydrogen) atoms. The van der Waals surface area contributed by atoms with Gasteiger partial charge in [0.05, 0.1) is 6.42 Å².